The lowest BCUT2D eigenvalue weighted by Gasteiger charge is -2.25. The van der Waals surface area contributed by atoms with Gasteiger partial charge in [0.05, 0.1) is 22.8 Å². The molecule has 0 spiro atoms. The lowest BCUT2D eigenvalue weighted by Crippen LogP contribution is -2.38. The highest BCUT2D eigenvalue weighted by Crippen LogP contribution is 2.26. The molecule has 1 N–H and O–H groups in total. The molecular weight excluding hydrogens is 440 g/mol. The van der Waals surface area contributed by atoms with Crippen LogP contribution in [0.15, 0.2) is 77.7 Å². The van der Waals surface area contributed by atoms with Gasteiger partial charge in [-0.1, -0.05) is 24.3 Å². The van der Waals surface area contributed by atoms with Gasteiger partial charge in [-0.2, -0.15) is 0 Å². The van der Waals surface area contributed by atoms with Crippen LogP contribution in [-0.4, -0.2) is 33.4 Å². The fourth-order valence-corrected chi connectivity index (χ4v) is 4.79. The lowest BCUT2D eigenvalue weighted by molar-refractivity contribution is -0.114. The Balaban J connectivity index is 1.87. The molecule has 0 saturated carbocycles. The molecule has 0 aliphatic carbocycles. The summed E-state index contributed by atoms with van der Waals surface area (Å²) in [7, 11) is -3.99. The van der Waals surface area contributed by atoms with Crippen molar-refractivity contribution < 1.29 is 22.7 Å². The van der Waals surface area contributed by atoms with Crippen molar-refractivity contribution >= 4 is 33.3 Å². The third kappa shape index (κ3) is 5.98. The minimum atomic E-state index is -3.99. The number of hydrogen-bond acceptors (Lipinski definition) is 5. The first-order chi connectivity index (χ1) is 15.7. The number of sulfonamides is 1. The molecule has 0 heterocycles. The number of amides is 1. The number of ether oxygens (including phenoxy) is 1. The zero-order chi connectivity index (χ0) is 24.0. The van der Waals surface area contributed by atoms with Crippen LogP contribution in [0.4, 0.5) is 11.4 Å². The molecule has 0 fully saturated rings. The molecule has 7 nitrogen and oxygen atoms in total. The molecule has 3 aromatic rings. The van der Waals surface area contributed by atoms with Crippen LogP contribution in [-0.2, 0) is 19.6 Å². The van der Waals surface area contributed by atoms with Gasteiger partial charge in [-0.05, 0) is 80.4 Å². The quantitative estimate of drug-likeness (QED) is 0.499. The SMILES string of the molecule is CCOC(=O)c1ccc(NC(=O)CN(c2cc(C)cc(C)c2)S(=O)(=O)c2ccccc2)cc1. The molecule has 3 aromatic carbocycles. The monoisotopic (exact) mass is 466 g/mol. The number of carbonyl (C=O) groups excluding carboxylic acids is 2. The van der Waals surface area contributed by atoms with Gasteiger partial charge in [0, 0.05) is 5.69 Å². The largest absolute Gasteiger partial charge is 0.462 e. The highest BCUT2D eigenvalue weighted by atomic mass is 32.2. The van der Waals surface area contributed by atoms with E-state index in [9.17, 15) is 18.0 Å². The third-order valence-electron chi connectivity index (χ3n) is 4.79. The topological polar surface area (TPSA) is 92.8 Å². The fourth-order valence-electron chi connectivity index (χ4n) is 3.36. The molecule has 0 bridgehead atoms. The molecule has 0 radical (unpaired) electrons. The molecule has 172 valence electrons. The van der Waals surface area contributed by atoms with E-state index in [1.807, 2.05) is 19.9 Å². The van der Waals surface area contributed by atoms with E-state index in [2.05, 4.69) is 5.32 Å². The summed E-state index contributed by atoms with van der Waals surface area (Å²) in [4.78, 5) is 24.7. The van der Waals surface area contributed by atoms with Crippen molar-refractivity contribution in [1.29, 1.82) is 0 Å². The normalized spacial score (nSPS) is 11.0. The van der Waals surface area contributed by atoms with E-state index in [0.717, 1.165) is 15.4 Å². The van der Waals surface area contributed by atoms with Crippen molar-refractivity contribution in [3.63, 3.8) is 0 Å². The smallest absolute Gasteiger partial charge is 0.338 e. The van der Waals surface area contributed by atoms with Crippen molar-refractivity contribution in [2.75, 3.05) is 22.8 Å². The molecule has 0 atom stereocenters. The second-order valence-corrected chi connectivity index (χ2v) is 9.38. The van der Waals surface area contributed by atoms with E-state index in [0.29, 0.717) is 16.9 Å². The first-order valence-electron chi connectivity index (χ1n) is 10.4. The summed E-state index contributed by atoms with van der Waals surface area (Å²) in [6.45, 7) is 5.31. The Bertz CT molecular complexity index is 1220. The Morgan fingerprint density at radius 3 is 2.09 bits per heavy atom. The van der Waals surface area contributed by atoms with Gasteiger partial charge in [-0.15, -0.1) is 0 Å². The second kappa shape index (κ2) is 10.3. The van der Waals surface area contributed by atoms with Crippen molar-refractivity contribution in [3.8, 4) is 0 Å². The maximum Gasteiger partial charge on any atom is 0.338 e. The van der Waals surface area contributed by atoms with E-state index in [1.54, 1.807) is 49.4 Å². The van der Waals surface area contributed by atoms with E-state index in [-0.39, 0.29) is 11.5 Å². The van der Waals surface area contributed by atoms with Crippen LogP contribution >= 0.6 is 0 Å². The van der Waals surface area contributed by atoms with Gasteiger partial charge in [-0.25, -0.2) is 13.2 Å². The summed E-state index contributed by atoms with van der Waals surface area (Å²) in [5, 5.41) is 2.70. The summed E-state index contributed by atoms with van der Waals surface area (Å²) in [5.74, 6) is -0.970. The molecule has 1 amide bonds. The highest BCUT2D eigenvalue weighted by Gasteiger charge is 2.27. The summed E-state index contributed by atoms with van der Waals surface area (Å²) in [6.07, 6.45) is 0. The van der Waals surface area contributed by atoms with Crippen LogP contribution in [0.1, 0.15) is 28.4 Å². The number of nitrogens with one attached hydrogen (secondary N) is 1. The number of hydrogen-bond donors (Lipinski definition) is 1. The van der Waals surface area contributed by atoms with Crippen LogP contribution in [0.5, 0.6) is 0 Å². The zero-order valence-corrected chi connectivity index (χ0v) is 19.6. The maximum absolute atomic E-state index is 13.4. The number of nitrogens with zero attached hydrogens (tertiary/aromatic N) is 1. The van der Waals surface area contributed by atoms with Gasteiger partial charge < -0.3 is 10.1 Å². The third-order valence-corrected chi connectivity index (χ3v) is 6.58. The number of benzene rings is 3. The van der Waals surface area contributed by atoms with Crippen LogP contribution in [0.3, 0.4) is 0 Å². The average Bonchev–Trinajstić information content (AvgIpc) is 2.78. The minimum Gasteiger partial charge on any atom is -0.462 e. The van der Waals surface area contributed by atoms with E-state index in [1.165, 1.54) is 24.3 Å². The van der Waals surface area contributed by atoms with Gasteiger partial charge in [0.25, 0.3) is 10.0 Å². The molecule has 3 rings (SSSR count). The van der Waals surface area contributed by atoms with Crippen LogP contribution in [0.25, 0.3) is 0 Å². The molecular formula is C25H26N2O5S. The molecule has 33 heavy (non-hydrogen) atoms. The fraction of sp³-hybridized carbons (Fsp3) is 0.200. The average molecular weight is 467 g/mol. The molecule has 0 saturated heterocycles. The Labute approximate surface area is 194 Å². The van der Waals surface area contributed by atoms with Gasteiger partial charge in [-0.3, -0.25) is 9.10 Å². The first kappa shape index (κ1) is 24.0. The predicted molar refractivity (Wildman–Crippen MR) is 128 cm³/mol. The van der Waals surface area contributed by atoms with Gasteiger partial charge >= 0.3 is 5.97 Å². The number of esters is 1. The molecule has 0 aliphatic heterocycles. The van der Waals surface area contributed by atoms with Crippen molar-refractivity contribution in [2.24, 2.45) is 0 Å². The lowest BCUT2D eigenvalue weighted by atomic mass is 10.1. The summed E-state index contributed by atoms with van der Waals surface area (Å²) < 4.78 is 32.9. The van der Waals surface area contributed by atoms with Crippen LogP contribution in [0.2, 0.25) is 0 Å². The molecule has 8 heteroatoms. The van der Waals surface area contributed by atoms with Gasteiger partial charge in [0.1, 0.15) is 6.54 Å². The number of aryl methyl sites for hydroxylation is 2. The molecule has 0 aliphatic rings. The summed E-state index contributed by atoms with van der Waals surface area (Å²) >= 11 is 0. The summed E-state index contributed by atoms with van der Waals surface area (Å²) in [6, 6.07) is 19.6. The Morgan fingerprint density at radius 1 is 0.909 bits per heavy atom. The number of anilines is 2. The Kier molecular flexibility index (Phi) is 7.50. The Hall–Kier alpha value is -3.65. The Morgan fingerprint density at radius 2 is 1.52 bits per heavy atom. The van der Waals surface area contributed by atoms with Crippen LogP contribution in [0, 0.1) is 13.8 Å². The van der Waals surface area contributed by atoms with E-state index < -0.39 is 28.4 Å². The van der Waals surface area contributed by atoms with Crippen molar-refractivity contribution in [3.05, 3.63) is 89.5 Å². The van der Waals surface area contributed by atoms with Crippen molar-refractivity contribution in [1.82, 2.24) is 0 Å². The van der Waals surface area contributed by atoms with Crippen LogP contribution < -0.4 is 9.62 Å². The van der Waals surface area contributed by atoms with Gasteiger partial charge in [0.15, 0.2) is 0 Å². The minimum absolute atomic E-state index is 0.0933. The van der Waals surface area contributed by atoms with Crippen molar-refractivity contribution in [2.45, 2.75) is 25.7 Å². The highest BCUT2D eigenvalue weighted by molar-refractivity contribution is 7.92. The van der Waals surface area contributed by atoms with E-state index >= 15 is 0 Å². The zero-order valence-electron chi connectivity index (χ0n) is 18.7. The summed E-state index contributed by atoms with van der Waals surface area (Å²) in [5.41, 5.74) is 2.97. The standard InChI is InChI=1S/C25H26N2O5S/c1-4-32-25(29)20-10-12-21(13-11-20)26-24(28)17-27(22-15-18(2)14-19(3)16-22)33(30,31)23-8-6-5-7-9-23/h5-16H,4,17H2,1-3H3,(H,26,28). The number of carbonyl (C=O) groups is 2. The molecule has 0 unspecified atom stereocenters. The first-order valence-corrected chi connectivity index (χ1v) is 11.9. The molecule has 0 aromatic heterocycles. The predicted octanol–water partition coefficient (Wildman–Crippen LogP) is 4.31. The van der Waals surface area contributed by atoms with E-state index in [4.69, 9.17) is 4.74 Å². The second-order valence-electron chi connectivity index (χ2n) is 7.52. The number of rotatable bonds is 8. The maximum atomic E-state index is 13.4. The van der Waals surface area contributed by atoms with Gasteiger partial charge in [0.2, 0.25) is 5.91 Å².